The molecule has 20 heavy (non-hydrogen) atoms. The quantitative estimate of drug-likeness (QED) is 0.638. The van der Waals surface area contributed by atoms with E-state index < -0.39 is 0 Å². The van der Waals surface area contributed by atoms with Crippen LogP contribution in [-0.2, 0) is 20.9 Å². The van der Waals surface area contributed by atoms with E-state index in [1.54, 1.807) is 0 Å². The molecule has 1 aliphatic rings. The Labute approximate surface area is 118 Å². The number of allylic oxidation sites excluding steroid dienone is 2. The van der Waals surface area contributed by atoms with Gasteiger partial charge in [0.05, 0.1) is 6.42 Å². The number of hydrogen-bond acceptors (Lipinski definition) is 3. The first kappa shape index (κ1) is 14.3. The number of carbonyl (C=O) groups is 2. The predicted octanol–water partition coefficient (Wildman–Crippen LogP) is 2.20. The number of carbonyl (C=O) groups excluding carboxylic acids is 2. The minimum Gasteiger partial charge on any atom is -0.456 e. The van der Waals surface area contributed by atoms with Crippen molar-refractivity contribution in [1.82, 2.24) is 5.32 Å². The molecule has 1 N–H and O–H groups in total. The largest absolute Gasteiger partial charge is 0.456 e. The average Bonchev–Trinajstić information content (AvgIpc) is 2.97. The van der Waals surface area contributed by atoms with Gasteiger partial charge in [-0.2, -0.15) is 0 Å². The summed E-state index contributed by atoms with van der Waals surface area (Å²) in [5.74, 6) is -0.310. The van der Waals surface area contributed by atoms with Crippen molar-refractivity contribution in [2.45, 2.75) is 25.8 Å². The fraction of sp³-hybridized carbons (Fsp3) is 0.375. The lowest BCUT2D eigenvalue weighted by Crippen LogP contribution is -2.28. The highest BCUT2D eigenvalue weighted by Gasteiger charge is 2.15. The smallest absolute Gasteiger partial charge is 0.306 e. The Morgan fingerprint density at radius 1 is 1.25 bits per heavy atom. The lowest BCUT2D eigenvalue weighted by Gasteiger charge is -2.08. The van der Waals surface area contributed by atoms with Gasteiger partial charge in [-0.15, -0.1) is 0 Å². The first-order chi connectivity index (χ1) is 9.74. The molecule has 1 aliphatic carbocycles. The van der Waals surface area contributed by atoms with Gasteiger partial charge in [-0.05, 0) is 24.3 Å². The van der Waals surface area contributed by atoms with Crippen LogP contribution in [0.15, 0.2) is 42.5 Å². The summed E-state index contributed by atoms with van der Waals surface area (Å²) >= 11 is 0. The van der Waals surface area contributed by atoms with Crippen LogP contribution in [0.1, 0.15) is 24.8 Å². The average molecular weight is 273 g/mol. The second-order valence-corrected chi connectivity index (χ2v) is 4.89. The normalized spacial score (nSPS) is 16.9. The molecule has 0 spiro atoms. The molecule has 0 saturated carbocycles. The molecule has 0 bridgehead atoms. The monoisotopic (exact) mass is 273 g/mol. The SMILES string of the molecule is O=C(COC(=O)C[C@H]1C=CCC1)NCc1ccccc1. The minimum atomic E-state index is -0.309. The number of rotatable bonds is 6. The maximum atomic E-state index is 11.6. The number of ether oxygens (including phenoxy) is 1. The summed E-state index contributed by atoms with van der Waals surface area (Å²) < 4.78 is 4.97. The standard InChI is InChI=1S/C16H19NO3/c18-15(17-11-14-8-2-1-3-9-14)12-20-16(19)10-13-6-4-5-7-13/h1-4,6,8-9,13H,5,7,10-12H2,(H,17,18)/t13-/m0/s1. The zero-order valence-electron chi connectivity index (χ0n) is 11.4. The molecule has 1 aromatic rings. The maximum Gasteiger partial charge on any atom is 0.306 e. The lowest BCUT2D eigenvalue weighted by atomic mass is 10.1. The summed E-state index contributed by atoms with van der Waals surface area (Å²) in [6, 6.07) is 9.61. The Hall–Kier alpha value is -2.10. The van der Waals surface area contributed by atoms with Crippen LogP contribution in [0.2, 0.25) is 0 Å². The van der Waals surface area contributed by atoms with Crippen LogP contribution in [0.5, 0.6) is 0 Å². The molecular weight excluding hydrogens is 254 g/mol. The number of nitrogens with one attached hydrogen (secondary N) is 1. The fourth-order valence-corrected chi connectivity index (χ4v) is 2.13. The zero-order chi connectivity index (χ0) is 14.2. The molecule has 0 radical (unpaired) electrons. The molecule has 0 aromatic heterocycles. The predicted molar refractivity (Wildman–Crippen MR) is 75.7 cm³/mol. The van der Waals surface area contributed by atoms with Gasteiger partial charge >= 0.3 is 5.97 Å². The Kier molecular flexibility index (Phi) is 5.35. The van der Waals surface area contributed by atoms with Crippen LogP contribution in [-0.4, -0.2) is 18.5 Å². The van der Waals surface area contributed by atoms with Crippen molar-refractivity contribution in [2.75, 3.05) is 6.61 Å². The summed E-state index contributed by atoms with van der Waals surface area (Å²) in [6.07, 6.45) is 6.49. The molecule has 0 saturated heterocycles. The molecule has 1 amide bonds. The Balaban J connectivity index is 1.62. The van der Waals surface area contributed by atoms with Crippen LogP contribution in [0.3, 0.4) is 0 Å². The molecule has 0 aliphatic heterocycles. The summed E-state index contributed by atoms with van der Waals surface area (Å²) in [7, 11) is 0. The van der Waals surface area contributed by atoms with E-state index in [1.165, 1.54) is 0 Å². The summed E-state index contributed by atoms with van der Waals surface area (Å²) in [6.45, 7) is 0.241. The summed E-state index contributed by atoms with van der Waals surface area (Å²) in [4.78, 5) is 23.1. The topological polar surface area (TPSA) is 55.4 Å². The van der Waals surface area contributed by atoms with Gasteiger partial charge in [-0.25, -0.2) is 0 Å². The van der Waals surface area contributed by atoms with Crippen molar-refractivity contribution in [2.24, 2.45) is 5.92 Å². The van der Waals surface area contributed by atoms with Crippen molar-refractivity contribution < 1.29 is 14.3 Å². The minimum absolute atomic E-state index is 0.206. The number of amides is 1. The molecule has 106 valence electrons. The van der Waals surface area contributed by atoms with Gasteiger partial charge in [0.2, 0.25) is 0 Å². The molecule has 0 unspecified atom stereocenters. The molecule has 4 nitrogen and oxygen atoms in total. The highest BCUT2D eigenvalue weighted by atomic mass is 16.5. The highest BCUT2D eigenvalue weighted by Crippen LogP contribution is 2.20. The summed E-state index contributed by atoms with van der Waals surface area (Å²) in [5, 5.41) is 2.72. The van der Waals surface area contributed by atoms with Crippen LogP contribution < -0.4 is 5.32 Å². The lowest BCUT2D eigenvalue weighted by molar-refractivity contribution is -0.149. The van der Waals surface area contributed by atoms with Crippen molar-refractivity contribution in [3.63, 3.8) is 0 Å². The third kappa shape index (κ3) is 4.88. The van der Waals surface area contributed by atoms with Crippen LogP contribution in [0.4, 0.5) is 0 Å². The molecule has 2 rings (SSSR count). The number of benzene rings is 1. The van der Waals surface area contributed by atoms with E-state index in [9.17, 15) is 9.59 Å². The van der Waals surface area contributed by atoms with E-state index in [2.05, 4.69) is 11.4 Å². The Morgan fingerprint density at radius 2 is 2.05 bits per heavy atom. The van der Waals surface area contributed by atoms with Crippen LogP contribution in [0.25, 0.3) is 0 Å². The Bertz CT molecular complexity index is 482. The zero-order valence-corrected chi connectivity index (χ0v) is 11.4. The Morgan fingerprint density at radius 3 is 2.75 bits per heavy atom. The van der Waals surface area contributed by atoms with E-state index in [-0.39, 0.29) is 24.4 Å². The molecule has 4 heteroatoms. The number of esters is 1. The second kappa shape index (κ2) is 7.48. The second-order valence-electron chi connectivity index (χ2n) is 4.89. The van der Waals surface area contributed by atoms with Crippen molar-refractivity contribution >= 4 is 11.9 Å². The number of hydrogen-bond donors (Lipinski definition) is 1. The van der Waals surface area contributed by atoms with E-state index in [0.29, 0.717) is 13.0 Å². The van der Waals surface area contributed by atoms with E-state index in [1.807, 2.05) is 36.4 Å². The molecule has 1 atom stereocenters. The van der Waals surface area contributed by atoms with Crippen molar-refractivity contribution in [3.05, 3.63) is 48.0 Å². The van der Waals surface area contributed by atoms with Gasteiger partial charge in [-0.3, -0.25) is 9.59 Å². The van der Waals surface area contributed by atoms with E-state index in [4.69, 9.17) is 4.74 Å². The van der Waals surface area contributed by atoms with Crippen LogP contribution in [0, 0.1) is 5.92 Å². The van der Waals surface area contributed by atoms with Gasteiger partial charge in [0.25, 0.3) is 5.91 Å². The molecule has 0 fully saturated rings. The van der Waals surface area contributed by atoms with Gasteiger partial charge < -0.3 is 10.1 Å². The molecule has 1 aromatic carbocycles. The van der Waals surface area contributed by atoms with Gasteiger partial charge in [-0.1, -0.05) is 42.5 Å². The first-order valence-corrected chi connectivity index (χ1v) is 6.87. The summed E-state index contributed by atoms with van der Waals surface area (Å²) in [5.41, 5.74) is 1.02. The maximum absolute atomic E-state index is 11.6. The fourth-order valence-electron chi connectivity index (χ4n) is 2.13. The molecule has 0 heterocycles. The van der Waals surface area contributed by atoms with Gasteiger partial charge in [0.1, 0.15) is 0 Å². The van der Waals surface area contributed by atoms with Crippen molar-refractivity contribution in [3.8, 4) is 0 Å². The van der Waals surface area contributed by atoms with Gasteiger partial charge in [0.15, 0.2) is 6.61 Å². The van der Waals surface area contributed by atoms with Crippen LogP contribution >= 0.6 is 0 Å². The van der Waals surface area contributed by atoms with E-state index in [0.717, 1.165) is 18.4 Å². The van der Waals surface area contributed by atoms with Crippen molar-refractivity contribution in [1.29, 1.82) is 0 Å². The van der Waals surface area contributed by atoms with Gasteiger partial charge in [0, 0.05) is 6.54 Å². The third-order valence-electron chi connectivity index (χ3n) is 3.24. The third-order valence-corrected chi connectivity index (χ3v) is 3.24. The molecular formula is C16H19NO3. The van der Waals surface area contributed by atoms with E-state index >= 15 is 0 Å². The first-order valence-electron chi connectivity index (χ1n) is 6.87. The highest BCUT2D eigenvalue weighted by molar-refractivity contribution is 5.80.